The van der Waals surface area contributed by atoms with Gasteiger partial charge in [0.1, 0.15) is 0 Å². The van der Waals surface area contributed by atoms with Crippen LogP contribution in [0.2, 0.25) is 0 Å². The van der Waals surface area contributed by atoms with E-state index in [1.807, 2.05) is 36.7 Å². The van der Waals surface area contributed by atoms with E-state index in [9.17, 15) is 4.79 Å². The Morgan fingerprint density at radius 1 is 1.26 bits per heavy atom. The number of hydrogen-bond donors (Lipinski definition) is 0. The summed E-state index contributed by atoms with van der Waals surface area (Å²) in [5.74, 6) is 0.445. The lowest BCUT2D eigenvalue weighted by Gasteiger charge is -2.01. The number of furan rings is 1. The van der Waals surface area contributed by atoms with Gasteiger partial charge in [0.15, 0.2) is 21.9 Å². The molecule has 0 atom stereocenters. The third-order valence-electron chi connectivity index (χ3n) is 4.46. The largest absolute Gasteiger partial charge is 0.490 e. The highest BCUT2D eigenvalue weighted by molar-refractivity contribution is 7.16. The van der Waals surface area contributed by atoms with E-state index in [1.54, 1.807) is 6.07 Å². The second-order valence-electron chi connectivity index (χ2n) is 6.51. The molecule has 0 aliphatic heterocycles. The Bertz CT molecular complexity index is 1240. The summed E-state index contributed by atoms with van der Waals surface area (Å²) in [6.07, 6.45) is 0. The highest BCUT2D eigenvalue weighted by Gasteiger charge is 2.15. The van der Waals surface area contributed by atoms with E-state index >= 15 is 0 Å². The number of hydrogen-bond acceptors (Lipinski definition) is 4. The van der Waals surface area contributed by atoms with Crippen LogP contribution < -0.4 is 9.54 Å². The molecule has 4 rings (SSSR count). The second kappa shape index (κ2) is 6.70. The van der Waals surface area contributed by atoms with Gasteiger partial charge in [-0.3, -0.25) is 4.79 Å². The first kappa shape index (κ1) is 17.5. The summed E-state index contributed by atoms with van der Waals surface area (Å²) in [5.41, 5.74) is 4.02. The van der Waals surface area contributed by atoms with Crippen LogP contribution in [0.4, 0.5) is 0 Å². The third-order valence-corrected chi connectivity index (χ3v) is 5.74. The molecule has 0 bridgehead atoms. The lowest BCUT2D eigenvalue weighted by atomic mass is 10.1. The smallest absolute Gasteiger partial charge is 0.315 e. The number of carbonyl (C=O) groups excluding carboxylic acids is 1. The van der Waals surface area contributed by atoms with Crippen molar-refractivity contribution in [3.05, 3.63) is 58.1 Å². The van der Waals surface area contributed by atoms with Crippen molar-refractivity contribution in [3.8, 4) is 5.75 Å². The van der Waals surface area contributed by atoms with Gasteiger partial charge >= 0.3 is 5.91 Å². The average Bonchev–Trinajstić information content (AvgIpc) is 3.19. The Labute approximate surface area is 160 Å². The quantitative estimate of drug-likeness (QED) is 0.516. The molecule has 2 heterocycles. The molecule has 0 radical (unpaired) electrons. The van der Waals surface area contributed by atoms with Crippen molar-refractivity contribution in [2.24, 2.45) is 12.0 Å². The van der Waals surface area contributed by atoms with Gasteiger partial charge in [-0.25, -0.2) is 0 Å². The molecule has 0 saturated carbocycles. The van der Waals surface area contributed by atoms with Gasteiger partial charge in [0.2, 0.25) is 0 Å². The van der Waals surface area contributed by atoms with Gasteiger partial charge in [0, 0.05) is 12.4 Å². The van der Waals surface area contributed by atoms with Gasteiger partial charge in [-0.05, 0) is 50.1 Å². The van der Waals surface area contributed by atoms with Crippen molar-refractivity contribution >= 4 is 38.4 Å². The van der Waals surface area contributed by atoms with Gasteiger partial charge in [-0.1, -0.05) is 29.5 Å². The van der Waals surface area contributed by atoms with Crippen LogP contribution in [0.1, 0.15) is 28.6 Å². The summed E-state index contributed by atoms with van der Waals surface area (Å²) in [4.78, 5) is 17.7. The van der Waals surface area contributed by atoms with E-state index < -0.39 is 5.91 Å². The molecular formula is C21H20N2O3S. The normalized spacial score (nSPS) is 12.2. The Morgan fingerprint density at radius 3 is 2.85 bits per heavy atom. The zero-order valence-corrected chi connectivity index (χ0v) is 16.5. The fraction of sp³-hybridized carbons (Fsp3) is 0.238. The third kappa shape index (κ3) is 3.06. The number of carbonyl (C=O) groups is 1. The SMILES string of the molecule is CCOc1cccc2cc(C(=O)N=c3sc4c(C)cc(C)cc4n3C)oc12. The maximum atomic E-state index is 12.7. The van der Waals surface area contributed by atoms with Crippen molar-refractivity contribution in [1.29, 1.82) is 0 Å². The van der Waals surface area contributed by atoms with Crippen molar-refractivity contribution in [1.82, 2.24) is 4.57 Å². The predicted octanol–water partition coefficient (Wildman–Crippen LogP) is 4.74. The Balaban J connectivity index is 1.81. The van der Waals surface area contributed by atoms with E-state index in [2.05, 4.69) is 31.0 Å². The Hall–Kier alpha value is -2.86. The number of thiazole rings is 1. The summed E-state index contributed by atoms with van der Waals surface area (Å²) in [6, 6.07) is 11.6. The maximum Gasteiger partial charge on any atom is 0.315 e. The molecule has 6 heteroatoms. The summed E-state index contributed by atoms with van der Waals surface area (Å²) >= 11 is 1.51. The second-order valence-corrected chi connectivity index (χ2v) is 7.49. The van der Waals surface area contributed by atoms with Gasteiger partial charge in [0.25, 0.3) is 0 Å². The zero-order chi connectivity index (χ0) is 19.1. The number of benzene rings is 2. The number of amides is 1. The minimum Gasteiger partial charge on any atom is -0.490 e. The number of aromatic nitrogens is 1. The topological polar surface area (TPSA) is 56.7 Å². The molecule has 1 amide bonds. The summed E-state index contributed by atoms with van der Waals surface area (Å²) in [5, 5.41) is 0.826. The van der Waals surface area contributed by atoms with Crippen LogP contribution in [-0.2, 0) is 7.05 Å². The van der Waals surface area contributed by atoms with E-state index in [4.69, 9.17) is 9.15 Å². The molecule has 0 fully saturated rings. The number of fused-ring (bicyclic) bond motifs is 2. The van der Waals surface area contributed by atoms with Crippen molar-refractivity contribution in [3.63, 3.8) is 0 Å². The maximum absolute atomic E-state index is 12.7. The molecule has 2 aromatic heterocycles. The highest BCUT2D eigenvalue weighted by atomic mass is 32.1. The molecule has 5 nitrogen and oxygen atoms in total. The first-order valence-corrected chi connectivity index (χ1v) is 9.60. The Kier molecular flexibility index (Phi) is 4.36. The van der Waals surface area contributed by atoms with Crippen LogP contribution in [0, 0.1) is 13.8 Å². The first-order valence-electron chi connectivity index (χ1n) is 8.79. The first-order chi connectivity index (χ1) is 13.0. The molecule has 27 heavy (non-hydrogen) atoms. The Morgan fingerprint density at radius 2 is 2.07 bits per heavy atom. The fourth-order valence-corrected chi connectivity index (χ4v) is 4.29. The molecule has 138 valence electrons. The van der Waals surface area contributed by atoms with Crippen LogP contribution in [-0.4, -0.2) is 17.1 Å². The van der Waals surface area contributed by atoms with Gasteiger partial charge < -0.3 is 13.7 Å². The monoisotopic (exact) mass is 380 g/mol. The minimum absolute atomic E-state index is 0.211. The van der Waals surface area contributed by atoms with Crippen LogP contribution in [0.25, 0.3) is 21.2 Å². The van der Waals surface area contributed by atoms with Crippen LogP contribution in [0.15, 0.2) is 45.8 Å². The molecule has 0 spiro atoms. The molecule has 2 aromatic carbocycles. The lowest BCUT2D eigenvalue weighted by molar-refractivity contribution is 0.0973. The summed E-state index contributed by atoms with van der Waals surface area (Å²) < 4.78 is 14.4. The number of nitrogens with zero attached hydrogens (tertiary/aromatic N) is 2. The number of para-hydroxylation sites is 1. The lowest BCUT2D eigenvalue weighted by Crippen LogP contribution is -2.13. The molecule has 4 aromatic rings. The standard InChI is InChI=1S/C21H20N2O3S/c1-5-25-16-8-6-7-14-11-17(26-18(14)16)20(24)22-21-23(4)15-10-12(2)9-13(3)19(15)27-21/h6-11H,5H2,1-4H3. The predicted molar refractivity (Wildman–Crippen MR) is 108 cm³/mol. The van der Waals surface area contributed by atoms with Gasteiger partial charge in [0.05, 0.1) is 16.8 Å². The summed E-state index contributed by atoms with van der Waals surface area (Å²) in [7, 11) is 1.93. The minimum atomic E-state index is -0.398. The molecule has 0 unspecified atom stereocenters. The van der Waals surface area contributed by atoms with Gasteiger partial charge in [-0.2, -0.15) is 4.99 Å². The van der Waals surface area contributed by atoms with Crippen molar-refractivity contribution < 1.29 is 13.9 Å². The van der Waals surface area contributed by atoms with Gasteiger partial charge in [-0.15, -0.1) is 0 Å². The number of aryl methyl sites for hydroxylation is 3. The molecule has 0 aliphatic rings. The van der Waals surface area contributed by atoms with E-state index in [0.717, 1.165) is 15.6 Å². The molecule has 0 aliphatic carbocycles. The number of rotatable bonds is 3. The number of ether oxygens (including phenoxy) is 1. The van der Waals surface area contributed by atoms with Crippen molar-refractivity contribution in [2.45, 2.75) is 20.8 Å². The molecular weight excluding hydrogens is 360 g/mol. The highest BCUT2D eigenvalue weighted by Crippen LogP contribution is 2.29. The van der Waals surface area contributed by atoms with E-state index in [-0.39, 0.29) is 5.76 Å². The van der Waals surface area contributed by atoms with E-state index in [1.165, 1.54) is 22.5 Å². The van der Waals surface area contributed by atoms with Crippen LogP contribution in [0.5, 0.6) is 5.75 Å². The molecule has 0 saturated heterocycles. The summed E-state index contributed by atoms with van der Waals surface area (Å²) in [6.45, 7) is 6.58. The fourth-order valence-electron chi connectivity index (χ4n) is 3.23. The zero-order valence-electron chi connectivity index (χ0n) is 15.7. The van der Waals surface area contributed by atoms with Crippen LogP contribution in [0.3, 0.4) is 0 Å². The molecule has 0 N–H and O–H groups in total. The van der Waals surface area contributed by atoms with Crippen LogP contribution >= 0.6 is 11.3 Å². The van der Waals surface area contributed by atoms with E-state index in [0.29, 0.717) is 22.7 Å². The van der Waals surface area contributed by atoms with Crippen molar-refractivity contribution in [2.75, 3.05) is 6.61 Å². The average molecular weight is 380 g/mol.